The van der Waals surface area contributed by atoms with E-state index in [9.17, 15) is 4.79 Å². The fourth-order valence-electron chi connectivity index (χ4n) is 4.91. The molecule has 0 saturated heterocycles. The monoisotopic (exact) mass is 404 g/mol. The zero-order valence-corrected chi connectivity index (χ0v) is 18.2. The first-order valence-corrected chi connectivity index (χ1v) is 11.5. The average Bonchev–Trinajstić information content (AvgIpc) is 3.11. The van der Waals surface area contributed by atoms with Gasteiger partial charge in [0.15, 0.2) is 0 Å². The van der Waals surface area contributed by atoms with Gasteiger partial charge in [0.25, 0.3) is 5.91 Å². The minimum atomic E-state index is -0.191. The van der Waals surface area contributed by atoms with Crippen molar-refractivity contribution in [1.29, 1.82) is 0 Å². The van der Waals surface area contributed by atoms with Crippen LogP contribution in [0.2, 0.25) is 0 Å². The van der Waals surface area contributed by atoms with Crippen molar-refractivity contribution in [2.24, 2.45) is 11.3 Å². The number of hydrogen-bond donors (Lipinski definition) is 2. The van der Waals surface area contributed by atoms with E-state index in [0.29, 0.717) is 11.3 Å². The molecule has 150 valence electrons. The number of hydrogen-bond acceptors (Lipinski definition) is 3. The third-order valence-corrected chi connectivity index (χ3v) is 8.38. The second-order valence-electron chi connectivity index (χ2n) is 9.11. The van der Waals surface area contributed by atoms with Crippen molar-refractivity contribution in [1.82, 2.24) is 5.32 Å². The largest absolute Gasteiger partial charge is 0.353 e. The number of nitrogens with one attached hydrogen (secondary N) is 2. The van der Waals surface area contributed by atoms with Gasteiger partial charge in [-0.15, -0.1) is 11.3 Å². The van der Waals surface area contributed by atoms with E-state index < -0.39 is 0 Å². The van der Waals surface area contributed by atoms with Gasteiger partial charge in [0.2, 0.25) is 0 Å². The van der Waals surface area contributed by atoms with Crippen LogP contribution in [0.3, 0.4) is 0 Å². The van der Waals surface area contributed by atoms with Crippen LogP contribution in [0.15, 0.2) is 42.5 Å². The zero-order chi connectivity index (χ0) is 20.2. The molecule has 3 aromatic rings. The van der Waals surface area contributed by atoms with Gasteiger partial charge in [0.05, 0.1) is 5.56 Å². The molecule has 2 atom stereocenters. The van der Waals surface area contributed by atoms with Crippen LogP contribution in [0.1, 0.15) is 66.1 Å². The molecule has 2 N–H and O–H groups in total. The maximum atomic E-state index is 13.1. The summed E-state index contributed by atoms with van der Waals surface area (Å²) in [6.07, 6.45) is 4.30. The van der Waals surface area contributed by atoms with E-state index in [0.717, 1.165) is 29.0 Å². The Labute approximate surface area is 176 Å². The second kappa shape index (κ2) is 6.88. The van der Waals surface area contributed by atoms with Crippen LogP contribution in [-0.4, -0.2) is 5.91 Å². The quantitative estimate of drug-likeness (QED) is 0.538. The Hall–Kier alpha value is -2.33. The summed E-state index contributed by atoms with van der Waals surface area (Å²) >= 11 is 1.80. The Morgan fingerprint density at radius 1 is 1.10 bits per heavy atom. The van der Waals surface area contributed by atoms with Crippen LogP contribution in [0.25, 0.3) is 10.8 Å². The summed E-state index contributed by atoms with van der Waals surface area (Å²) < 4.78 is 0. The Morgan fingerprint density at radius 2 is 1.90 bits per heavy atom. The lowest BCUT2D eigenvalue weighted by Gasteiger charge is -2.36. The van der Waals surface area contributed by atoms with Crippen molar-refractivity contribution in [3.8, 4) is 0 Å². The minimum absolute atomic E-state index is 0.0717. The molecule has 0 fully saturated rings. The molecule has 1 aliphatic carbocycles. The summed E-state index contributed by atoms with van der Waals surface area (Å²) in [5, 5.41) is 10.3. The highest BCUT2D eigenvalue weighted by molar-refractivity contribution is 7.16. The molecule has 0 unspecified atom stereocenters. The smallest absolute Gasteiger partial charge is 0.256 e. The topological polar surface area (TPSA) is 41.1 Å². The highest BCUT2D eigenvalue weighted by atomic mass is 32.1. The third kappa shape index (κ3) is 3.05. The maximum Gasteiger partial charge on any atom is 0.256 e. The fourth-order valence-corrected chi connectivity index (χ4v) is 6.26. The van der Waals surface area contributed by atoms with Gasteiger partial charge in [-0.1, -0.05) is 69.7 Å². The lowest BCUT2D eigenvalue weighted by atomic mass is 9.69. The lowest BCUT2D eigenvalue weighted by Crippen LogP contribution is -2.38. The van der Waals surface area contributed by atoms with Crippen molar-refractivity contribution in [2.75, 3.05) is 5.32 Å². The molecule has 5 rings (SSSR count). The molecule has 0 radical (unpaired) electrons. The second-order valence-corrected chi connectivity index (χ2v) is 10.2. The first-order chi connectivity index (χ1) is 14.0. The molecular formula is C25H28N2OS. The van der Waals surface area contributed by atoms with E-state index in [1.165, 1.54) is 34.1 Å². The lowest BCUT2D eigenvalue weighted by molar-refractivity contribution is 0.0935. The Morgan fingerprint density at radius 3 is 2.72 bits per heavy atom. The summed E-state index contributed by atoms with van der Waals surface area (Å²) in [7, 11) is 0. The number of carbonyl (C=O) groups excluding carboxylic acids is 1. The average molecular weight is 405 g/mol. The van der Waals surface area contributed by atoms with Gasteiger partial charge in [0, 0.05) is 10.4 Å². The van der Waals surface area contributed by atoms with E-state index in [2.05, 4.69) is 73.9 Å². The Kier molecular flexibility index (Phi) is 4.43. The molecule has 2 aromatic carbocycles. The molecule has 4 heteroatoms. The molecule has 2 aliphatic rings. The van der Waals surface area contributed by atoms with Gasteiger partial charge in [-0.05, 0) is 46.9 Å². The summed E-state index contributed by atoms with van der Waals surface area (Å²) in [6.45, 7) is 7.06. The molecule has 1 aliphatic heterocycles. The molecule has 1 aromatic heterocycles. The number of amides is 1. The number of fused-ring (bicyclic) bond motifs is 4. The number of benzene rings is 2. The van der Waals surface area contributed by atoms with E-state index in [4.69, 9.17) is 0 Å². The van der Waals surface area contributed by atoms with Crippen molar-refractivity contribution in [2.45, 2.75) is 52.6 Å². The molecule has 29 heavy (non-hydrogen) atoms. The van der Waals surface area contributed by atoms with E-state index >= 15 is 0 Å². The van der Waals surface area contributed by atoms with E-state index in [-0.39, 0.29) is 12.1 Å². The van der Waals surface area contributed by atoms with Crippen LogP contribution < -0.4 is 10.6 Å². The van der Waals surface area contributed by atoms with Crippen molar-refractivity contribution < 1.29 is 4.79 Å². The SMILES string of the molecule is CCC(C)(C)[C@H]1CCc2c(sc3c2C(=O)N[C@H](c2cccc4ccccc24)N3)C1. The molecule has 0 bridgehead atoms. The fraction of sp³-hybridized carbons (Fsp3) is 0.400. The predicted octanol–water partition coefficient (Wildman–Crippen LogP) is 6.30. The van der Waals surface area contributed by atoms with Crippen LogP contribution in [-0.2, 0) is 12.8 Å². The molecule has 0 spiro atoms. The maximum absolute atomic E-state index is 13.1. The number of rotatable bonds is 3. The Bertz CT molecular complexity index is 1090. The third-order valence-electron chi connectivity index (χ3n) is 7.19. The van der Waals surface area contributed by atoms with Crippen molar-refractivity contribution >= 4 is 33.0 Å². The summed E-state index contributed by atoms with van der Waals surface area (Å²) in [5.41, 5.74) is 3.66. The molecular weight excluding hydrogens is 376 g/mol. The van der Waals surface area contributed by atoms with Gasteiger partial charge in [-0.2, -0.15) is 0 Å². The Balaban J connectivity index is 1.50. The van der Waals surface area contributed by atoms with Crippen LogP contribution >= 0.6 is 11.3 Å². The van der Waals surface area contributed by atoms with Gasteiger partial charge in [-0.25, -0.2) is 0 Å². The minimum Gasteiger partial charge on any atom is -0.353 e. The normalized spacial score (nSPS) is 21.3. The van der Waals surface area contributed by atoms with Gasteiger partial charge in [0.1, 0.15) is 11.2 Å². The van der Waals surface area contributed by atoms with Crippen LogP contribution in [0.5, 0.6) is 0 Å². The highest BCUT2D eigenvalue weighted by Gasteiger charge is 2.37. The highest BCUT2D eigenvalue weighted by Crippen LogP contribution is 2.47. The van der Waals surface area contributed by atoms with Gasteiger partial charge < -0.3 is 10.6 Å². The van der Waals surface area contributed by atoms with Gasteiger partial charge in [-0.3, -0.25) is 4.79 Å². The first kappa shape index (κ1) is 18.7. The number of carbonyl (C=O) groups is 1. The molecule has 3 nitrogen and oxygen atoms in total. The first-order valence-electron chi connectivity index (χ1n) is 10.7. The molecule has 1 amide bonds. The summed E-state index contributed by atoms with van der Waals surface area (Å²) in [5.74, 6) is 0.763. The zero-order valence-electron chi connectivity index (χ0n) is 17.3. The van der Waals surface area contributed by atoms with Crippen LogP contribution in [0.4, 0.5) is 5.00 Å². The molecule has 0 saturated carbocycles. The predicted molar refractivity (Wildman–Crippen MR) is 122 cm³/mol. The standard InChI is InChI=1S/C25H28N2OS/c1-4-25(2,3)16-12-13-19-20(14-16)29-24-21(19)23(28)26-22(27-24)18-11-7-9-15-8-5-6-10-17(15)18/h5-11,16,22,27H,4,12-14H2,1-3H3,(H,26,28)/t16-,22-/m0/s1. The van der Waals surface area contributed by atoms with E-state index in [1.54, 1.807) is 11.3 Å². The number of thiophene rings is 1. The van der Waals surface area contributed by atoms with Crippen molar-refractivity contribution in [3.63, 3.8) is 0 Å². The van der Waals surface area contributed by atoms with Crippen molar-refractivity contribution in [3.05, 3.63) is 64.0 Å². The van der Waals surface area contributed by atoms with Crippen LogP contribution in [0, 0.1) is 11.3 Å². The summed E-state index contributed by atoms with van der Waals surface area (Å²) in [4.78, 5) is 14.5. The summed E-state index contributed by atoms with van der Waals surface area (Å²) in [6, 6.07) is 14.7. The number of anilines is 1. The molecule has 2 heterocycles. The van der Waals surface area contributed by atoms with Gasteiger partial charge >= 0.3 is 0 Å². The van der Waals surface area contributed by atoms with E-state index in [1.807, 2.05) is 0 Å².